The molecule has 0 aliphatic heterocycles. The minimum absolute atomic E-state index is 0.388. The Balaban J connectivity index is 2.77. The standard InChI is InChI=1S/C11H10N2O2/c1-7-4-3-5-8-9(11(14)15-2)6-12-13-10(7)8/h3-6H,1-2H3. The molecular formula is C11H10N2O2. The lowest BCUT2D eigenvalue weighted by Gasteiger charge is -2.04. The molecule has 0 N–H and O–H groups in total. The summed E-state index contributed by atoms with van der Waals surface area (Å²) in [6.45, 7) is 1.93. The number of carbonyl (C=O) groups is 1. The third kappa shape index (κ3) is 1.54. The lowest BCUT2D eigenvalue weighted by atomic mass is 10.1. The zero-order valence-corrected chi connectivity index (χ0v) is 8.52. The predicted molar refractivity (Wildman–Crippen MR) is 55.6 cm³/mol. The van der Waals surface area contributed by atoms with Crippen molar-refractivity contribution in [3.05, 3.63) is 35.5 Å². The summed E-state index contributed by atoms with van der Waals surface area (Å²) in [5.74, 6) is -0.388. The maximum absolute atomic E-state index is 11.4. The fraction of sp³-hybridized carbons (Fsp3) is 0.182. The minimum Gasteiger partial charge on any atom is -0.465 e. The van der Waals surface area contributed by atoms with Crippen LogP contribution in [0.15, 0.2) is 24.4 Å². The van der Waals surface area contributed by atoms with E-state index >= 15 is 0 Å². The van der Waals surface area contributed by atoms with Gasteiger partial charge in [-0.2, -0.15) is 10.2 Å². The molecule has 1 aromatic heterocycles. The molecular weight excluding hydrogens is 192 g/mol. The SMILES string of the molecule is COC(=O)c1cnnc2c(C)cccc12. The van der Waals surface area contributed by atoms with E-state index in [2.05, 4.69) is 14.9 Å². The predicted octanol–water partition coefficient (Wildman–Crippen LogP) is 1.72. The van der Waals surface area contributed by atoms with E-state index in [4.69, 9.17) is 0 Å². The topological polar surface area (TPSA) is 52.1 Å². The van der Waals surface area contributed by atoms with Gasteiger partial charge in [0.15, 0.2) is 0 Å². The van der Waals surface area contributed by atoms with Gasteiger partial charge in [-0.3, -0.25) is 0 Å². The normalized spacial score (nSPS) is 10.3. The van der Waals surface area contributed by atoms with Crippen LogP contribution in [-0.4, -0.2) is 23.3 Å². The van der Waals surface area contributed by atoms with Crippen molar-refractivity contribution in [1.82, 2.24) is 10.2 Å². The highest BCUT2D eigenvalue weighted by Gasteiger charge is 2.11. The summed E-state index contributed by atoms with van der Waals surface area (Å²) < 4.78 is 4.68. The first-order valence-corrected chi connectivity index (χ1v) is 4.53. The Hall–Kier alpha value is -1.97. The second-order valence-corrected chi connectivity index (χ2v) is 3.22. The fourth-order valence-corrected chi connectivity index (χ4v) is 1.50. The summed E-state index contributed by atoms with van der Waals surface area (Å²) in [4.78, 5) is 11.4. The molecule has 0 radical (unpaired) electrons. The van der Waals surface area contributed by atoms with Crippen LogP contribution in [0.1, 0.15) is 15.9 Å². The van der Waals surface area contributed by atoms with Crippen LogP contribution in [0.3, 0.4) is 0 Å². The second-order valence-electron chi connectivity index (χ2n) is 3.22. The smallest absolute Gasteiger partial charge is 0.340 e. The Morgan fingerprint density at radius 1 is 1.40 bits per heavy atom. The van der Waals surface area contributed by atoms with Crippen LogP contribution >= 0.6 is 0 Å². The molecule has 1 aromatic carbocycles. The van der Waals surface area contributed by atoms with Gasteiger partial charge >= 0.3 is 5.97 Å². The largest absolute Gasteiger partial charge is 0.465 e. The summed E-state index contributed by atoms with van der Waals surface area (Å²) in [6.07, 6.45) is 1.42. The molecule has 4 nitrogen and oxygen atoms in total. The summed E-state index contributed by atoms with van der Waals surface area (Å²) in [5, 5.41) is 8.57. The third-order valence-corrected chi connectivity index (χ3v) is 2.28. The molecule has 1 heterocycles. The van der Waals surface area contributed by atoms with Crippen LogP contribution in [0.4, 0.5) is 0 Å². The molecule has 0 aliphatic rings. The maximum atomic E-state index is 11.4. The fourth-order valence-electron chi connectivity index (χ4n) is 1.50. The van der Waals surface area contributed by atoms with Gasteiger partial charge in [0.2, 0.25) is 0 Å². The van der Waals surface area contributed by atoms with Gasteiger partial charge in [0, 0.05) is 5.39 Å². The summed E-state index contributed by atoms with van der Waals surface area (Å²) >= 11 is 0. The molecule has 76 valence electrons. The van der Waals surface area contributed by atoms with Crippen LogP contribution in [0, 0.1) is 6.92 Å². The van der Waals surface area contributed by atoms with Gasteiger partial charge in [-0.05, 0) is 12.5 Å². The Morgan fingerprint density at radius 2 is 2.20 bits per heavy atom. The molecule has 0 aliphatic carbocycles. The van der Waals surface area contributed by atoms with E-state index in [1.54, 1.807) is 0 Å². The first-order valence-electron chi connectivity index (χ1n) is 4.53. The van der Waals surface area contributed by atoms with Crippen LogP contribution < -0.4 is 0 Å². The molecule has 2 aromatic rings. The van der Waals surface area contributed by atoms with Gasteiger partial charge in [-0.25, -0.2) is 4.79 Å². The van der Waals surface area contributed by atoms with Crippen molar-refractivity contribution in [3.63, 3.8) is 0 Å². The molecule has 0 spiro atoms. The van der Waals surface area contributed by atoms with E-state index in [0.717, 1.165) is 16.5 Å². The monoisotopic (exact) mass is 202 g/mol. The highest BCUT2D eigenvalue weighted by Crippen LogP contribution is 2.18. The number of fused-ring (bicyclic) bond motifs is 1. The van der Waals surface area contributed by atoms with Crippen LogP contribution in [0.5, 0.6) is 0 Å². The zero-order valence-electron chi connectivity index (χ0n) is 8.52. The second kappa shape index (κ2) is 3.65. The van der Waals surface area contributed by atoms with Crippen LogP contribution in [-0.2, 0) is 4.74 Å². The van der Waals surface area contributed by atoms with E-state index < -0.39 is 0 Å². The van der Waals surface area contributed by atoms with Crippen molar-refractivity contribution in [2.24, 2.45) is 0 Å². The maximum Gasteiger partial charge on any atom is 0.340 e. The molecule has 0 unspecified atom stereocenters. The number of aromatic nitrogens is 2. The zero-order chi connectivity index (χ0) is 10.8. The van der Waals surface area contributed by atoms with Gasteiger partial charge in [0.1, 0.15) is 0 Å². The molecule has 4 heteroatoms. The van der Waals surface area contributed by atoms with Gasteiger partial charge < -0.3 is 4.74 Å². The molecule has 0 amide bonds. The lowest BCUT2D eigenvalue weighted by molar-refractivity contribution is 0.0602. The van der Waals surface area contributed by atoms with Crippen molar-refractivity contribution < 1.29 is 9.53 Å². The first-order chi connectivity index (χ1) is 7.24. The van der Waals surface area contributed by atoms with Crippen LogP contribution in [0.2, 0.25) is 0 Å². The Bertz CT molecular complexity index is 523. The van der Waals surface area contributed by atoms with Crippen LogP contribution in [0.25, 0.3) is 10.9 Å². The molecule has 15 heavy (non-hydrogen) atoms. The highest BCUT2D eigenvalue weighted by atomic mass is 16.5. The number of aryl methyl sites for hydroxylation is 1. The van der Waals surface area contributed by atoms with Gasteiger partial charge in [0.25, 0.3) is 0 Å². The number of esters is 1. The number of rotatable bonds is 1. The van der Waals surface area contributed by atoms with Crippen molar-refractivity contribution in [2.75, 3.05) is 7.11 Å². The van der Waals surface area contributed by atoms with E-state index in [1.807, 2.05) is 25.1 Å². The van der Waals surface area contributed by atoms with E-state index in [-0.39, 0.29) is 5.97 Å². The van der Waals surface area contributed by atoms with Crippen molar-refractivity contribution >= 4 is 16.9 Å². The van der Waals surface area contributed by atoms with Crippen molar-refractivity contribution in [3.8, 4) is 0 Å². The third-order valence-electron chi connectivity index (χ3n) is 2.28. The van der Waals surface area contributed by atoms with Gasteiger partial charge in [-0.15, -0.1) is 0 Å². The van der Waals surface area contributed by atoms with E-state index in [1.165, 1.54) is 13.3 Å². The van der Waals surface area contributed by atoms with Crippen molar-refractivity contribution in [1.29, 1.82) is 0 Å². The molecule has 0 bridgehead atoms. The minimum atomic E-state index is -0.388. The molecule has 0 atom stereocenters. The Morgan fingerprint density at radius 3 is 2.93 bits per heavy atom. The summed E-state index contributed by atoms with van der Waals surface area (Å²) in [7, 11) is 1.35. The number of ether oxygens (including phenoxy) is 1. The Labute approximate surface area is 86.9 Å². The number of nitrogens with zero attached hydrogens (tertiary/aromatic N) is 2. The number of carbonyl (C=O) groups excluding carboxylic acids is 1. The summed E-state index contributed by atoms with van der Waals surface area (Å²) in [6, 6.07) is 5.65. The average Bonchev–Trinajstić information content (AvgIpc) is 2.28. The van der Waals surface area contributed by atoms with E-state index in [9.17, 15) is 4.79 Å². The number of hydrogen-bond donors (Lipinski definition) is 0. The Kier molecular flexibility index (Phi) is 2.33. The highest BCUT2D eigenvalue weighted by molar-refractivity contribution is 6.03. The molecule has 0 fully saturated rings. The number of benzene rings is 1. The lowest BCUT2D eigenvalue weighted by Crippen LogP contribution is -2.04. The quantitative estimate of drug-likeness (QED) is 0.661. The number of hydrogen-bond acceptors (Lipinski definition) is 4. The molecule has 2 rings (SSSR count). The van der Waals surface area contributed by atoms with Gasteiger partial charge in [0.05, 0.1) is 24.4 Å². The van der Waals surface area contributed by atoms with E-state index in [0.29, 0.717) is 5.56 Å². The average molecular weight is 202 g/mol. The summed E-state index contributed by atoms with van der Waals surface area (Å²) in [5.41, 5.74) is 2.18. The molecule has 0 saturated carbocycles. The van der Waals surface area contributed by atoms with Crippen molar-refractivity contribution in [2.45, 2.75) is 6.92 Å². The van der Waals surface area contributed by atoms with Gasteiger partial charge in [-0.1, -0.05) is 18.2 Å². The molecule has 0 saturated heterocycles. The number of methoxy groups -OCH3 is 1. The first kappa shape index (κ1) is 9.58.